The minimum Gasteiger partial charge on any atom is -0.467 e. The molecule has 0 saturated carbocycles. The van der Waals surface area contributed by atoms with E-state index in [0.29, 0.717) is 17.6 Å². The quantitative estimate of drug-likeness (QED) is 0.584. The van der Waals surface area contributed by atoms with Gasteiger partial charge in [0.2, 0.25) is 11.8 Å². The number of rotatable bonds is 8. The van der Waals surface area contributed by atoms with E-state index in [-0.39, 0.29) is 23.5 Å². The van der Waals surface area contributed by atoms with Crippen LogP contribution in [-0.2, 0) is 11.3 Å². The van der Waals surface area contributed by atoms with E-state index in [1.54, 1.807) is 12.3 Å². The molecule has 3 aromatic rings. The maximum absolute atomic E-state index is 12.2. The second-order valence-electron chi connectivity index (χ2n) is 6.77. The first kappa shape index (κ1) is 19.2. The van der Waals surface area contributed by atoms with Gasteiger partial charge in [-0.05, 0) is 18.1 Å². The zero-order valence-corrected chi connectivity index (χ0v) is 16.6. The van der Waals surface area contributed by atoms with Crippen molar-refractivity contribution in [3.05, 3.63) is 41.7 Å². The monoisotopic (exact) mass is 389 g/mol. The van der Waals surface area contributed by atoms with Gasteiger partial charge in [0.1, 0.15) is 11.6 Å². The molecule has 0 bridgehead atoms. The fourth-order valence-corrected chi connectivity index (χ4v) is 3.21. The van der Waals surface area contributed by atoms with Crippen molar-refractivity contribution in [3.63, 3.8) is 0 Å². The Morgan fingerprint density at radius 3 is 2.70 bits per heavy atom. The highest BCUT2D eigenvalue weighted by molar-refractivity contribution is 7.99. The molecule has 0 aliphatic heterocycles. The van der Waals surface area contributed by atoms with Crippen LogP contribution in [0.4, 0.5) is 5.88 Å². The van der Waals surface area contributed by atoms with Crippen molar-refractivity contribution in [1.29, 1.82) is 0 Å². The van der Waals surface area contributed by atoms with Gasteiger partial charge in [-0.25, -0.2) is 0 Å². The maximum Gasteiger partial charge on any atom is 0.237 e. The van der Waals surface area contributed by atoms with E-state index in [0.717, 1.165) is 17.3 Å². The second kappa shape index (κ2) is 8.43. The number of carbonyl (C=O) groups excluding carboxylic acids is 1. The molecule has 0 fully saturated rings. The minimum absolute atomic E-state index is 0.187. The van der Waals surface area contributed by atoms with E-state index >= 15 is 0 Å². The number of hydrogen-bond donors (Lipinski definition) is 1. The Kier molecular flexibility index (Phi) is 6.00. The van der Waals surface area contributed by atoms with Crippen molar-refractivity contribution < 1.29 is 13.7 Å². The number of amides is 1. The first-order chi connectivity index (χ1) is 12.9. The zero-order valence-electron chi connectivity index (χ0n) is 15.8. The summed E-state index contributed by atoms with van der Waals surface area (Å²) in [7, 11) is 0. The van der Waals surface area contributed by atoms with Gasteiger partial charge in [0.05, 0.1) is 24.3 Å². The van der Waals surface area contributed by atoms with E-state index in [1.165, 1.54) is 11.8 Å². The molecule has 0 saturated heterocycles. The lowest BCUT2D eigenvalue weighted by molar-refractivity contribution is -0.113. The number of aromatic nitrogens is 4. The molecule has 8 nitrogen and oxygen atoms in total. The predicted octanol–water partition coefficient (Wildman–Crippen LogP) is 3.89. The topological polar surface area (TPSA) is 99.0 Å². The fourth-order valence-electron chi connectivity index (χ4n) is 2.46. The number of anilines is 1. The molecule has 0 radical (unpaired) electrons. The van der Waals surface area contributed by atoms with Crippen molar-refractivity contribution in [2.75, 3.05) is 11.1 Å². The SMILES string of the molecule is CC(C)c1cc(NC(=O)CSc2nnc(C(C)C)n2Cc2ccco2)on1. The van der Waals surface area contributed by atoms with E-state index in [1.807, 2.05) is 30.5 Å². The van der Waals surface area contributed by atoms with Crippen molar-refractivity contribution in [2.24, 2.45) is 0 Å². The molecule has 9 heteroatoms. The van der Waals surface area contributed by atoms with Gasteiger partial charge in [0.25, 0.3) is 0 Å². The number of hydrogen-bond acceptors (Lipinski definition) is 7. The van der Waals surface area contributed by atoms with Crippen molar-refractivity contribution in [1.82, 2.24) is 19.9 Å². The molecule has 1 N–H and O–H groups in total. The Labute approximate surface area is 161 Å². The molecule has 1 amide bonds. The van der Waals surface area contributed by atoms with Crippen molar-refractivity contribution >= 4 is 23.6 Å². The maximum atomic E-state index is 12.2. The molecule has 0 unspecified atom stereocenters. The van der Waals surface area contributed by atoms with Gasteiger partial charge in [-0.2, -0.15) is 0 Å². The summed E-state index contributed by atoms with van der Waals surface area (Å²) in [6, 6.07) is 5.49. The van der Waals surface area contributed by atoms with Crippen LogP contribution in [0.15, 0.2) is 38.6 Å². The van der Waals surface area contributed by atoms with E-state index in [9.17, 15) is 4.79 Å². The summed E-state index contributed by atoms with van der Waals surface area (Å²) in [5.41, 5.74) is 0.803. The van der Waals surface area contributed by atoms with Gasteiger partial charge in [0.15, 0.2) is 5.16 Å². The Morgan fingerprint density at radius 2 is 2.07 bits per heavy atom. The lowest BCUT2D eigenvalue weighted by atomic mass is 10.1. The van der Waals surface area contributed by atoms with Gasteiger partial charge in [-0.1, -0.05) is 44.6 Å². The average molecular weight is 389 g/mol. The Balaban J connectivity index is 1.65. The standard InChI is InChI=1S/C18H23N5O3S/c1-11(2)14-8-16(26-22-14)19-15(24)10-27-18-21-20-17(12(3)4)23(18)9-13-6-5-7-25-13/h5-8,11-12H,9-10H2,1-4H3,(H,19,24). The Hall–Kier alpha value is -2.55. The lowest BCUT2D eigenvalue weighted by Crippen LogP contribution is -2.14. The highest BCUT2D eigenvalue weighted by Gasteiger charge is 2.18. The first-order valence-electron chi connectivity index (χ1n) is 8.78. The predicted molar refractivity (Wildman–Crippen MR) is 102 cm³/mol. The van der Waals surface area contributed by atoms with Crippen LogP contribution in [0.5, 0.6) is 0 Å². The third kappa shape index (κ3) is 4.79. The van der Waals surface area contributed by atoms with Gasteiger partial charge in [0, 0.05) is 12.0 Å². The van der Waals surface area contributed by atoms with Crippen LogP contribution in [-0.4, -0.2) is 31.6 Å². The molecule has 144 valence electrons. The van der Waals surface area contributed by atoms with E-state index in [2.05, 4.69) is 34.5 Å². The lowest BCUT2D eigenvalue weighted by Gasteiger charge is -2.10. The van der Waals surface area contributed by atoms with E-state index in [4.69, 9.17) is 8.94 Å². The molecule has 0 atom stereocenters. The van der Waals surface area contributed by atoms with Gasteiger partial charge in [-0.3, -0.25) is 14.7 Å². The smallest absolute Gasteiger partial charge is 0.237 e. The molecule has 3 aromatic heterocycles. The summed E-state index contributed by atoms with van der Waals surface area (Å²) in [5, 5.41) is 15.8. The van der Waals surface area contributed by atoms with Crippen LogP contribution < -0.4 is 5.32 Å². The number of thioether (sulfide) groups is 1. The van der Waals surface area contributed by atoms with Gasteiger partial charge < -0.3 is 8.94 Å². The molecule has 0 spiro atoms. The number of nitrogens with one attached hydrogen (secondary N) is 1. The molecule has 3 rings (SSSR count). The average Bonchev–Trinajstić information content (AvgIpc) is 3.34. The third-order valence-electron chi connectivity index (χ3n) is 3.87. The highest BCUT2D eigenvalue weighted by Crippen LogP contribution is 2.23. The highest BCUT2D eigenvalue weighted by atomic mass is 32.2. The normalized spacial score (nSPS) is 11.5. The van der Waals surface area contributed by atoms with Crippen molar-refractivity contribution in [3.8, 4) is 0 Å². The van der Waals surface area contributed by atoms with Gasteiger partial charge >= 0.3 is 0 Å². The Bertz CT molecular complexity index is 883. The summed E-state index contributed by atoms with van der Waals surface area (Å²) in [5.74, 6) is 2.46. The molecule has 3 heterocycles. The zero-order chi connectivity index (χ0) is 19.4. The largest absolute Gasteiger partial charge is 0.467 e. The summed E-state index contributed by atoms with van der Waals surface area (Å²) in [6.45, 7) is 8.66. The van der Waals surface area contributed by atoms with Gasteiger partial charge in [-0.15, -0.1) is 10.2 Å². The molecular weight excluding hydrogens is 366 g/mol. The molecule has 0 aromatic carbocycles. The molecule has 0 aliphatic carbocycles. The second-order valence-corrected chi connectivity index (χ2v) is 7.71. The summed E-state index contributed by atoms with van der Waals surface area (Å²) in [6.07, 6.45) is 1.64. The summed E-state index contributed by atoms with van der Waals surface area (Å²) in [4.78, 5) is 12.2. The molecular formula is C18H23N5O3S. The third-order valence-corrected chi connectivity index (χ3v) is 4.84. The van der Waals surface area contributed by atoms with Crippen LogP contribution in [0, 0.1) is 0 Å². The van der Waals surface area contributed by atoms with Crippen LogP contribution in [0.25, 0.3) is 0 Å². The number of nitrogens with zero attached hydrogens (tertiary/aromatic N) is 4. The summed E-state index contributed by atoms with van der Waals surface area (Å²) < 4.78 is 12.6. The van der Waals surface area contributed by atoms with Crippen molar-refractivity contribution in [2.45, 2.75) is 51.2 Å². The first-order valence-corrected chi connectivity index (χ1v) is 9.77. The number of carbonyl (C=O) groups is 1. The Morgan fingerprint density at radius 1 is 1.26 bits per heavy atom. The number of furan rings is 1. The summed E-state index contributed by atoms with van der Waals surface area (Å²) >= 11 is 1.32. The van der Waals surface area contributed by atoms with Crippen LogP contribution in [0.1, 0.15) is 56.8 Å². The fraction of sp³-hybridized carbons (Fsp3) is 0.444. The van der Waals surface area contributed by atoms with Crippen LogP contribution >= 0.6 is 11.8 Å². The van der Waals surface area contributed by atoms with E-state index < -0.39 is 0 Å². The van der Waals surface area contributed by atoms with Crippen LogP contribution in [0.3, 0.4) is 0 Å². The molecule has 27 heavy (non-hydrogen) atoms. The molecule has 0 aliphatic rings. The van der Waals surface area contributed by atoms with Crippen LogP contribution in [0.2, 0.25) is 0 Å². The minimum atomic E-state index is -0.190.